The van der Waals surface area contributed by atoms with Gasteiger partial charge in [0.15, 0.2) is 5.78 Å². The predicted octanol–water partition coefficient (Wildman–Crippen LogP) is 2.76. The van der Waals surface area contributed by atoms with Gasteiger partial charge in [0.2, 0.25) is 0 Å². The molecule has 0 bridgehead atoms. The first kappa shape index (κ1) is 14.8. The van der Waals surface area contributed by atoms with Crippen molar-refractivity contribution in [1.29, 1.82) is 0 Å². The number of ether oxygens (including phenoxy) is 1. The number of carbonyl (C=O) groups excluding carboxylic acids is 2. The number of halogens is 1. The van der Waals surface area contributed by atoms with Crippen LogP contribution in [0.15, 0.2) is 24.5 Å². The molecule has 1 heterocycles. The van der Waals surface area contributed by atoms with Crippen LogP contribution in [0.4, 0.5) is 0 Å². The van der Waals surface area contributed by atoms with Gasteiger partial charge in [0.25, 0.3) is 0 Å². The monoisotopic (exact) mass is 313 g/mol. The first-order chi connectivity index (χ1) is 8.29. The molecular formula is C13H16BrNO3. The minimum absolute atomic E-state index is 0.0123. The lowest BCUT2D eigenvalue weighted by Gasteiger charge is -2.20. The van der Waals surface area contributed by atoms with Crippen LogP contribution in [-0.4, -0.2) is 27.2 Å². The highest BCUT2D eigenvalue weighted by Crippen LogP contribution is 2.16. The van der Waals surface area contributed by atoms with E-state index in [4.69, 9.17) is 4.74 Å². The van der Waals surface area contributed by atoms with E-state index >= 15 is 0 Å². The van der Waals surface area contributed by atoms with E-state index in [1.165, 1.54) is 0 Å². The van der Waals surface area contributed by atoms with E-state index in [9.17, 15) is 9.59 Å². The van der Waals surface area contributed by atoms with Crippen LogP contribution in [0.1, 0.15) is 37.6 Å². The molecule has 0 saturated heterocycles. The Morgan fingerprint density at radius 2 is 1.89 bits per heavy atom. The van der Waals surface area contributed by atoms with E-state index in [0.29, 0.717) is 5.56 Å². The Balaban J connectivity index is 2.59. The van der Waals surface area contributed by atoms with Gasteiger partial charge >= 0.3 is 5.97 Å². The Labute approximate surface area is 115 Å². The lowest BCUT2D eigenvalue weighted by Crippen LogP contribution is -2.27. The summed E-state index contributed by atoms with van der Waals surface area (Å²) in [7, 11) is 0. The van der Waals surface area contributed by atoms with Crippen LogP contribution in [0.5, 0.6) is 0 Å². The molecule has 0 N–H and O–H groups in total. The summed E-state index contributed by atoms with van der Waals surface area (Å²) in [6.45, 7) is 5.37. The quantitative estimate of drug-likeness (QED) is 0.487. The van der Waals surface area contributed by atoms with Crippen LogP contribution in [-0.2, 0) is 9.53 Å². The number of hydrogen-bond acceptors (Lipinski definition) is 4. The molecular weight excluding hydrogens is 298 g/mol. The zero-order valence-electron chi connectivity index (χ0n) is 10.6. The fraction of sp³-hybridized carbons (Fsp3) is 0.462. The fourth-order valence-electron chi connectivity index (χ4n) is 1.32. The lowest BCUT2D eigenvalue weighted by molar-refractivity contribution is -0.154. The maximum atomic E-state index is 12.0. The van der Waals surface area contributed by atoms with Crippen molar-refractivity contribution in [3.8, 4) is 0 Å². The molecule has 0 saturated carbocycles. The van der Waals surface area contributed by atoms with Crippen LogP contribution >= 0.6 is 15.9 Å². The molecule has 0 aliphatic heterocycles. The molecule has 1 aromatic heterocycles. The molecule has 0 aliphatic rings. The van der Waals surface area contributed by atoms with E-state index in [1.54, 1.807) is 45.3 Å². The van der Waals surface area contributed by atoms with Gasteiger partial charge in [0.1, 0.15) is 5.60 Å². The second kappa shape index (κ2) is 6.09. The van der Waals surface area contributed by atoms with Crippen LogP contribution in [0.3, 0.4) is 0 Å². The van der Waals surface area contributed by atoms with Gasteiger partial charge in [0.05, 0.1) is 11.2 Å². The Hall–Kier alpha value is -1.23. The molecule has 1 rings (SSSR count). The Bertz CT molecular complexity index is 426. The van der Waals surface area contributed by atoms with Crippen molar-refractivity contribution in [3.05, 3.63) is 30.1 Å². The molecule has 0 aliphatic carbocycles. The second-order valence-corrected chi connectivity index (χ2v) is 5.96. The molecule has 5 heteroatoms. The van der Waals surface area contributed by atoms with Crippen molar-refractivity contribution in [2.24, 2.45) is 0 Å². The highest BCUT2D eigenvalue weighted by atomic mass is 79.9. The Kier molecular flexibility index (Phi) is 5.02. The van der Waals surface area contributed by atoms with Crippen LogP contribution in [0.2, 0.25) is 0 Å². The molecule has 1 atom stereocenters. The van der Waals surface area contributed by atoms with Crippen molar-refractivity contribution >= 4 is 27.7 Å². The van der Waals surface area contributed by atoms with Crippen LogP contribution in [0.25, 0.3) is 0 Å². The van der Waals surface area contributed by atoms with Gasteiger partial charge in [-0.3, -0.25) is 14.6 Å². The maximum absolute atomic E-state index is 12.0. The Morgan fingerprint density at radius 1 is 1.33 bits per heavy atom. The number of nitrogens with zero attached hydrogens (tertiary/aromatic N) is 1. The molecule has 0 aromatic carbocycles. The molecule has 0 radical (unpaired) electrons. The van der Waals surface area contributed by atoms with Crippen molar-refractivity contribution in [1.82, 2.24) is 4.98 Å². The first-order valence-corrected chi connectivity index (χ1v) is 6.51. The maximum Gasteiger partial charge on any atom is 0.307 e. The van der Waals surface area contributed by atoms with Crippen molar-refractivity contribution < 1.29 is 14.3 Å². The Morgan fingerprint density at radius 3 is 2.39 bits per heavy atom. The summed E-state index contributed by atoms with van der Waals surface area (Å²) in [5.41, 5.74) is -0.0146. The zero-order chi connectivity index (χ0) is 13.8. The summed E-state index contributed by atoms with van der Waals surface area (Å²) in [4.78, 5) is 26.8. The summed E-state index contributed by atoms with van der Waals surface area (Å²) in [5, 5.41) is 0. The predicted molar refractivity (Wildman–Crippen MR) is 71.7 cm³/mol. The van der Waals surface area contributed by atoms with Gasteiger partial charge in [-0.15, -0.1) is 0 Å². The number of pyridine rings is 1. The van der Waals surface area contributed by atoms with Crippen molar-refractivity contribution in [3.63, 3.8) is 0 Å². The molecule has 0 spiro atoms. The number of carbonyl (C=O) groups is 2. The highest BCUT2D eigenvalue weighted by Gasteiger charge is 2.24. The first-order valence-electron chi connectivity index (χ1n) is 5.60. The third-order valence-electron chi connectivity index (χ3n) is 2.02. The highest BCUT2D eigenvalue weighted by molar-refractivity contribution is 9.10. The van der Waals surface area contributed by atoms with E-state index in [2.05, 4.69) is 20.9 Å². The minimum Gasteiger partial charge on any atom is -0.460 e. The average molecular weight is 314 g/mol. The number of esters is 1. The smallest absolute Gasteiger partial charge is 0.307 e. The van der Waals surface area contributed by atoms with Gasteiger partial charge < -0.3 is 4.74 Å². The third kappa shape index (κ3) is 4.96. The standard InChI is InChI=1S/C13H16BrNO3/c1-13(2,3)18-11(16)8-10(14)12(17)9-4-6-15-7-5-9/h4-7,10H,8H2,1-3H3. The van der Waals surface area contributed by atoms with Crippen molar-refractivity contribution in [2.75, 3.05) is 0 Å². The van der Waals surface area contributed by atoms with Crippen LogP contribution < -0.4 is 0 Å². The topological polar surface area (TPSA) is 56.3 Å². The van der Waals surface area contributed by atoms with Gasteiger partial charge in [-0.25, -0.2) is 0 Å². The zero-order valence-corrected chi connectivity index (χ0v) is 12.2. The second-order valence-electron chi connectivity index (χ2n) is 4.86. The summed E-state index contributed by atoms with van der Waals surface area (Å²) in [6, 6.07) is 3.23. The fourth-order valence-corrected chi connectivity index (χ4v) is 1.85. The normalized spacial score (nSPS) is 12.9. The summed E-state index contributed by atoms with van der Waals surface area (Å²) < 4.78 is 5.16. The van der Waals surface area contributed by atoms with Gasteiger partial charge in [-0.05, 0) is 32.9 Å². The molecule has 18 heavy (non-hydrogen) atoms. The number of aromatic nitrogens is 1. The van der Waals surface area contributed by atoms with E-state index in [-0.39, 0.29) is 12.2 Å². The third-order valence-corrected chi connectivity index (χ3v) is 2.75. The number of hydrogen-bond donors (Lipinski definition) is 0. The summed E-state index contributed by atoms with van der Waals surface area (Å²) in [5.74, 6) is -0.546. The molecule has 4 nitrogen and oxygen atoms in total. The largest absolute Gasteiger partial charge is 0.460 e. The van der Waals surface area contributed by atoms with Crippen molar-refractivity contribution in [2.45, 2.75) is 37.6 Å². The minimum atomic E-state index is -0.574. The number of Topliss-reactive ketones (excluding diaryl/α,β-unsaturated/α-hetero) is 1. The van der Waals surface area contributed by atoms with E-state index < -0.39 is 16.4 Å². The summed E-state index contributed by atoms with van der Waals surface area (Å²) in [6.07, 6.45) is 3.10. The van der Waals surface area contributed by atoms with Gasteiger partial charge in [-0.2, -0.15) is 0 Å². The molecule has 1 aromatic rings. The van der Waals surface area contributed by atoms with Gasteiger partial charge in [0, 0.05) is 18.0 Å². The SMILES string of the molecule is CC(C)(C)OC(=O)CC(Br)C(=O)c1ccncc1. The van der Waals surface area contributed by atoms with E-state index in [1.807, 2.05) is 0 Å². The molecule has 1 unspecified atom stereocenters. The van der Waals surface area contributed by atoms with Crippen LogP contribution in [0, 0.1) is 0 Å². The molecule has 0 amide bonds. The number of rotatable bonds is 4. The average Bonchev–Trinajstić information content (AvgIpc) is 2.26. The molecule has 0 fully saturated rings. The summed E-state index contributed by atoms with van der Waals surface area (Å²) >= 11 is 3.22. The lowest BCUT2D eigenvalue weighted by atomic mass is 10.1. The van der Waals surface area contributed by atoms with Gasteiger partial charge in [-0.1, -0.05) is 15.9 Å². The van der Waals surface area contributed by atoms with E-state index in [0.717, 1.165) is 0 Å². The molecule has 98 valence electrons. The number of ketones is 1. The number of alkyl halides is 1.